The van der Waals surface area contributed by atoms with Crippen LogP contribution in [0.1, 0.15) is 6.92 Å². The van der Waals surface area contributed by atoms with Crippen molar-refractivity contribution in [3.63, 3.8) is 0 Å². The number of thioether (sulfide) groups is 1. The quantitative estimate of drug-likeness (QED) is 0.548. The van der Waals surface area contributed by atoms with Crippen LogP contribution >= 0.6 is 11.8 Å². The molecule has 0 atom stereocenters. The number of methoxy groups -OCH3 is 2. The fraction of sp³-hybridized carbons (Fsp3) is 0.625. The highest BCUT2D eigenvalue weighted by atomic mass is 32.2. The summed E-state index contributed by atoms with van der Waals surface area (Å²) in [5.41, 5.74) is 0. The highest BCUT2D eigenvalue weighted by Crippen LogP contribution is 2.20. The van der Waals surface area contributed by atoms with E-state index in [4.69, 9.17) is 9.47 Å². The Bertz CT molecular complexity index is 271. The Morgan fingerprint density at radius 1 is 1.46 bits per heavy atom. The zero-order chi connectivity index (χ0) is 9.90. The zero-order valence-electron chi connectivity index (χ0n) is 8.27. The van der Waals surface area contributed by atoms with E-state index in [0.29, 0.717) is 0 Å². The molecule has 0 bridgehead atoms. The third-order valence-electron chi connectivity index (χ3n) is 1.97. The van der Waals surface area contributed by atoms with Crippen molar-refractivity contribution in [2.75, 3.05) is 20.5 Å². The second-order valence-electron chi connectivity index (χ2n) is 2.63. The summed E-state index contributed by atoms with van der Waals surface area (Å²) >= 11 is 1.63. The van der Waals surface area contributed by atoms with E-state index >= 15 is 0 Å². The smallest absolute Gasteiger partial charge is 0.267 e. The zero-order valence-corrected chi connectivity index (χ0v) is 9.09. The van der Waals surface area contributed by atoms with E-state index < -0.39 is 5.91 Å². The molecule has 0 amide bonds. The molecule has 1 heterocycles. The van der Waals surface area contributed by atoms with Crippen LogP contribution < -0.4 is 0 Å². The van der Waals surface area contributed by atoms with E-state index in [1.807, 2.05) is 19.4 Å². The van der Waals surface area contributed by atoms with Gasteiger partial charge in [0, 0.05) is 32.2 Å². The number of nitrogens with zero attached hydrogens (tertiary/aromatic N) is 2. The molecule has 0 aliphatic rings. The van der Waals surface area contributed by atoms with Crippen molar-refractivity contribution in [1.29, 1.82) is 0 Å². The average Bonchev–Trinajstić information content (AvgIpc) is 2.65. The fourth-order valence-corrected chi connectivity index (χ4v) is 1.26. The van der Waals surface area contributed by atoms with Crippen molar-refractivity contribution in [3.05, 3.63) is 12.4 Å². The van der Waals surface area contributed by atoms with Gasteiger partial charge >= 0.3 is 0 Å². The third-order valence-corrected chi connectivity index (χ3v) is 2.65. The van der Waals surface area contributed by atoms with Crippen LogP contribution in [0.25, 0.3) is 0 Å². The summed E-state index contributed by atoms with van der Waals surface area (Å²) in [7, 11) is 3.17. The number of ether oxygens (including phenoxy) is 2. The van der Waals surface area contributed by atoms with Crippen molar-refractivity contribution in [1.82, 2.24) is 9.78 Å². The minimum atomic E-state index is -0.812. The lowest BCUT2D eigenvalue weighted by Crippen LogP contribution is -2.34. The van der Waals surface area contributed by atoms with Crippen molar-refractivity contribution in [3.8, 4) is 0 Å². The van der Waals surface area contributed by atoms with E-state index in [1.165, 1.54) is 0 Å². The van der Waals surface area contributed by atoms with Gasteiger partial charge in [0.2, 0.25) is 0 Å². The van der Waals surface area contributed by atoms with Crippen LogP contribution in [0.15, 0.2) is 17.3 Å². The molecule has 0 aliphatic heterocycles. The van der Waals surface area contributed by atoms with Crippen LogP contribution in [0.5, 0.6) is 0 Å². The van der Waals surface area contributed by atoms with Gasteiger partial charge in [-0.2, -0.15) is 5.10 Å². The van der Waals surface area contributed by atoms with E-state index in [-0.39, 0.29) is 0 Å². The molecule has 0 saturated heterocycles. The molecule has 5 heteroatoms. The summed E-state index contributed by atoms with van der Waals surface area (Å²) in [6, 6.07) is 0. The van der Waals surface area contributed by atoms with Gasteiger partial charge in [-0.05, 0) is 6.26 Å². The Morgan fingerprint density at radius 3 is 2.46 bits per heavy atom. The Labute approximate surface area is 82.2 Å². The predicted molar refractivity (Wildman–Crippen MR) is 51.7 cm³/mol. The second-order valence-corrected chi connectivity index (χ2v) is 3.51. The molecule has 4 nitrogen and oxygen atoms in total. The predicted octanol–water partition coefficient (Wildman–Crippen LogP) is 1.53. The van der Waals surface area contributed by atoms with Crippen LogP contribution in [0.2, 0.25) is 0 Å². The largest absolute Gasteiger partial charge is 0.335 e. The van der Waals surface area contributed by atoms with Crippen LogP contribution in [-0.2, 0) is 15.4 Å². The summed E-state index contributed by atoms with van der Waals surface area (Å²) in [6.07, 6.45) is 5.66. The second kappa shape index (κ2) is 4.13. The summed E-state index contributed by atoms with van der Waals surface area (Å²) in [4.78, 5) is 1.08. The molecule has 0 aliphatic carbocycles. The van der Waals surface area contributed by atoms with Gasteiger partial charge in [-0.25, -0.2) is 4.68 Å². The minimum absolute atomic E-state index is 0.812. The van der Waals surface area contributed by atoms with Crippen molar-refractivity contribution < 1.29 is 9.47 Å². The molecule has 0 radical (unpaired) electrons. The standard InChI is InChI=1S/C8H14N2O2S/c1-8(11-2,12-3)10-6-7(13-4)5-9-10/h5-6H,1-4H3. The Balaban J connectivity index is 2.91. The van der Waals surface area contributed by atoms with Gasteiger partial charge in [-0.15, -0.1) is 11.8 Å². The first-order valence-corrected chi connectivity index (χ1v) is 5.08. The van der Waals surface area contributed by atoms with Crippen molar-refractivity contribution >= 4 is 11.8 Å². The normalized spacial score (nSPS) is 12.0. The van der Waals surface area contributed by atoms with Crippen LogP contribution in [-0.4, -0.2) is 30.3 Å². The van der Waals surface area contributed by atoms with Crippen LogP contribution in [0.4, 0.5) is 0 Å². The Hall–Kier alpha value is -0.520. The number of hydrogen-bond donors (Lipinski definition) is 0. The van der Waals surface area contributed by atoms with Gasteiger partial charge in [-0.3, -0.25) is 0 Å². The summed E-state index contributed by atoms with van der Waals surface area (Å²) < 4.78 is 12.1. The number of aromatic nitrogens is 2. The van der Waals surface area contributed by atoms with E-state index in [9.17, 15) is 0 Å². The van der Waals surface area contributed by atoms with Gasteiger partial charge < -0.3 is 9.47 Å². The molecule has 13 heavy (non-hydrogen) atoms. The maximum Gasteiger partial charge on any atom is 0.267 e. The maximum atomic E-state index is 5.20. The molecule has 1 aromatic rings. The first-order chi connectivity index (χ1) is 6.16. The van der Waals surface area contributed by atoms with Crippen LogP contribution in [0.3, 0.4) is 0 Å². The van der Waals surface area contributed by atoms with Crippen LogP contribution in [0, 0.1) is 0 Å². The lowest BCUT2D eigenvalue weighted by molar-refractivity contribution is -0.260. The fourth-order valence-electron chi connectivity index (χ4n) is 0.904. The molecule has 74 valence electrons. The lowest BCUT2D eigenvalue weighted by atomic mass is 10.5. The molecule has 0 unspecified atom stereocenters. The van der Waals surface area contributed by atoms with Gasteiger partial charge in [0.25, 0.3) is 5.91 Å². The Morgan fingerprint density at radius 2 is 2.08 bits per heavy atom. The average molecular weight is 202 g/mol. The van der Waals surface area contributed by atoms with Crippen molar-refractivity contribution in [2.24, 2.45) is 0 Å². The SMILES string of the molecule is COC(C)(OC)n1cc(SC)cn1. The first-order valence-electron chi connectivity index (χ1n) is 3.85. The minimum Gasteiger partial charge on any atom is -0.335 e. The maximum absolute atomic E-state index is 5.20. The lowest BCUT2D eigenvalue weighted by Gasteiger charge is -2.26. The molecule has 0 N–H and O–H groups in total. The number of hydrogen-bond acceptors (Lipinski definition) is 4. The number of rotatable bonds is 4. The van der Waals surface area contributed by atoms with Gasteiger partial charge in [0.05, 0.1) is 6.20 Å². The molecular weight excluding hydrogens is 188 g/mol. The van der Waals surface area contributed by atoms with Crippen molar-refractivity contribution in [2.45, 2.75) is 17.7 Å². The molecular formula is C8H14N2O2S. The van der Waals surface area contributed by atoms with Gasteiger partial charge in [0.15, 0.2) is 0 Å². The summed E-state index contributed by atoms with van der Waals surface area (Å²) in [5.74, 6) is -0.812. The van der Waals surface area contributed by atoms with Gasteiger partial charge in [-0.1, -0.05) is 0 Å². The molecule has 0 spiro atoms. The molecule has 0 aromatic carbocycles. The highest BCUT2D eigenvalue weighted by molar-refractivity contribution is 7.98. The van der Waals surface area contributed by atoms with E-state index in [2.05, 4.69) is 5.10 Å². The third kappa shape index (κ3) is 2.04. The van der Waals surface area contributed by atoms with Gasteiger partial charge in [0.1, 0.15) is 0 Å². The molecule has 0 fully saturated rings. The molecule has 1 rings (SSSR count). The van der Waals surface area contributed by atoms with E-state index in [1.54, 1.807) is 36.9 Å². The molecule has 1 aromatic heterocycles. The van der Waals surface area contributed by atoms with E-state index in [0.717, 1.165) is 4.90 Å². The monoisotopic (exact) mass is 202 g/mol. The highest BCUT2D eigenvalue weighted by Gasteiger charge is 2.25. The summed E-state index contributed by atoms with van der Waals surface area (Å²) in [6.45, 7) is 1.81. The topological polar surface area (TPSA) is 36.3 Å². The summed E-state index contributed by atoms with van der Waals surface area (Å²) in [5, 5.41) is 4.15. The Kier molecular flexibility index (Phi) is 3.35. The first kappa shape index (κ1) is 10.6. The molecule has 0 saturated carbocycles.